The fraction of sp³-hybridized carbons (Fsp3) is 0.111. The molecule has 0 fully saturated rings. The summed E-state index contributed by atoms with van der Waals surface area (Å²) in [6.45, 7) is 0. The minimum absolute atomic E-state index is 0.161. The molecule has 0 saturated heterocycles. The maximum Gasteiger partial charge on any atom is 0.482 e. The molecule has 3 aromatic rings. The number of hydrogen-bond acceptors (Lipinski definition) is 4. The quantitative estimate of drug-likeness (QED) is 0.277. The summed E-state index contributed by atoms with van der Waals surface area (Å²) < 4.78 is 78.0. The number of nitrogens with one attached hydrogen (secondary N) is 2. The number of halogens is 6. The van der Waals surface area contributed by atoms with Crippen LogP contribution in [0.15, 0.2) is 90.0 Å². The largest absolute Gasteiger partial charge is 0.482 e. The van der Waals surface area contributed by atoms with Crippen LogP contribution in [0.1, 0.15) is 15.9 Å². The maximum absolute atomic E-state index is 13.5. The number of alkyl halides is 6. The van der Waals surface area contributed by atoms with Crippen molar-refractivity contribution in [3.05, 3.63) is 96.1 Å². The molecule has 37 heavy (non-hydrogen) atoms. The highest BCUT2D eigenvalue weighted by atomic mass is 19.4. The molecule has 0 bridgehead atoms. The van der Waals surface area contributed by atoms with E-state index in [0.29, 0.717) is 22.5 Å². The normalized spacial score (nSPS) is 16.9. The van der Waals surface area contributed by atoms with Gasteiger partial charge >= 0.3 is 12.6 Å². The van der Waals surface area contributed by atoms with Gasteiger partial charge in [0.25, 0.3) is 0 Å². The van der Waals surface area contributed by atoms with Crippen molar-refractivity contribution in [3.8, 4) is 11.1 Å². The highest BCUT2D eigenvalue weighted by molar-refractivity contribution is 6.24. The minimum Gasteiger partial charge on any atom is -0.297 e. The average molecular weight is 513 g/mol. The number of Topliss-reactive ketones (excluding diaryl/α,β-unsaturated/α-hetero) is 1. The molecule has 5 rings (SSSR count). The number of para-hydroxylation sites is 2. The minimum atomic E-state index is -4.65. The zero-order chi connectivity index (χ0) is 26.4. The molecule has 1 unspecified atom stereocenters. The smallest absolute Gasteiger partial charge is 0.297 e. The van der Waals surface area contributed by atoms with Crippen LogP contribution in [0, 0.1) is 5.92 Å². The Morgan fingerprint density at radius 3 is 1.95 bits per heavy atom. The third-order valence-corrected chi connectivity index (χ3v) is 5.92. The molecular weight excluding hydrogens is 496 g/mol. The van der Waals surface area contributed by atoms with Gasteiger partial charge in [0.05, 0.1) is 17.3 Å². The summed E-state index contributed by atoms with van der Waals surface area (Å²) in [5.74, 6) is -1.21. The number of carbonyl (C=O) groups excluding carboxylic acids is 1. The van der Waals surface area contributed by atoms with Crippen molar-refractivity contribution in [2.24, 2.45) is 10.9 Å². The number of ketones is 1. The lowest BCUT2D eigenvalue weighted by molar-refractivity contribution is -0.101. The van der Waals surface area contributed by atoms with Gasteiger partial charge in [0, 0.05) is 28.1 Å². The number of fused-ring (bicyclic) bond motifs is 2. The number of aliphatic imine (C=N–C) groups is 1. The summed E-state index contributed by atoms with van der Waals surface area (Å²) in [5, 5.41) is 3.03. The highest BCUT2D eigenvalue weighted by Crippen LogP contribution is 2.39. The number of nitrogens with zero attached hydrogens (tertiary/aromatic N) is 1. The van der Waals surface area contributed by atoms with E-state index >= 15 is 0 Å². The predicted molar refractivity (Wildman–Crippen MR) is 130 cm³/mol. The fourth-order valence-corrected chi connectivity index (χ4v) is 4.39. The van der Waals surface area contributed by atoms with Crippen molar-refractivity contribution in [3.63, 3.8) is 0 Å². The first kappa shape index (κ1) is 24.4. The first-order valence-corrected chi connectivity index (χ1v) is 11.0. The van der Waals surface area contributed by atoms with Crippen LogP contribution in [-0.2, 0) is 0 Å². The lowest BCUT2D eigenvalue weighted by Crippen LogP contribution is -2.27. The standard InChI is InChI=1S/C27H17F6N3O/c28-26(29,30)35-23-7-3-1-5-17(23)15-9-11-21-19(13-15)25(37)20-14-16(10-12-22(20)34-21)18-6-2-4-8-24(18)36-27(31,32)33/h1-14,19,35-36H. The molecule has 1 atom stereocenters. The Kier molecular flexibility index (Phi) is 5.89. The summed E-state index contributed by atoms with van der Waals surface area (Å²) in [5.41, 5.74) is 1.96. The molecule has 0 spiro atoms. The zero-order valence-corrected chi connectivity index (χ0v) is 18.8. The molecule has 0 amide bonds. The SMILES string of the molecule is O=C1c2cc(-c3ccccc3NC(F)(F)F)ccc2N=C2C=CC(c3ccccc3NC(F)(F)F)=CC12. The molecule has 2 N–H and O–H groups in total. The van der Waals surface area contributed by atoms with Gasteiger partial charge in [0.2, 0.25) is 0 Å². The fourth-order valence-electron chi connectivity index (χ4n) is 4.39. The summed E-state index contributed by atoms with van der Waals surface area (Å²) in [4.78, 5) is 18.0. The summed E-state index contributed by atoms with van der Waals surface area (Å²) in [6.07, 6.45) is -4.56. The van der Waals surface area contributed by atoms with Crippen LogP contribution in [0.4, 0.5) is 43.4 Å². The van der Waals surface area contributed by atoms with E-state index in [-0.39, 0.29) is 33.8 Å². The molecule has 10 heteroatoms. The van der Waals surface area contributed by atoms with Gasteiger partial charge in [0.15, 0.2) is 5.78 Å². The monoisotopic (exact) mass is 513 g/mol. The lowest BCUT2D eigenvalue weighted by atomic mass is 9.82. The first-order valence-electron chi connectivity index (χ1n) is 11.0. The van der Waals surface area contributed by atoms with Gasteiger partial charge < -0.3 is 0 Å². The first-order chi connectivity index (χ1) is 17.5. The van der Waals surface area contributed by atoms with E-state index in [1.54, 1.807) is 42.5 Å². The predicted octanol–water partition coefficient (Wildman–Crippen LogP) is 7.76. The zero-order valence-electron chi connectivity index (χ0n) is 18.8. The average Bonchev–Trinajstić information content (AvgIpc) is 2.83. The van der Waals surface area contributed by atoms with Crippen molar-refractivity contribution in [2.45, 2.75) is 12.6 Å². The van der Waals surface area contributed by atoms with Crippen LogP contribution in [0.3, 0.4) is 0 Å². The number of carbonyl (C=O) groups is 1. The third-order valence-electron chi connectivity index (χ3n) is 5.92. The number of rotatable bonds is 4. The van der Waals surface area contributed by atoms with E-state index in [1.165, 1.54) is 53.1 Å². The molecule has 1 aliphatic carbocycles. The Balaban J connectivity index is 1.52. The molecule has 1 heterocycles. The van der Waals surface area contributed by atoms with E-state index in [2.05, 4.69) is 4.99 Å². The Hall–Kier alpha value is -4.34. The topological polar surface area (TPSA) is 53.5 Å². The van der Waals surface area contributed by atoms with Crippen molar-refractivity contribution in [2.75, 3.05) is 10.6 Å². The molecule has 188 valence electrons. The van der Waals surface area contributed by atoms with E-state index in [1.807, 2.05) is 0 Å². The van der Waals surface area contributed by atoms with Gasteiger partial charge in [-0.05, 0) is 41.5 Å². The van der Waals surface area contributed by atoms with Gasteiger partial charge in [-0.2, -0.15) is 26.3 Å². The van der Waals surface area contributed by atoms with Crippen molar-refractivity contribution >= 4 is 34.1 Å². The Morgan fingerprint density at radius 2 is 1.30 bits per heavy atom. The van der Waals surface area contributed by atoms with Crippen molar-refractivity contribution < 1.29 is 31.1 Å². The Labute approximate surface area is 207 Å². The van der Waals surface area contributed by atoms with Gasteiger partial charge in [-0.1, -0.05) is 54.6 Å². The molecule has 0 aromatic heterocycles. The van der Waals surface area contributed by atoms with Gasteiger partial charge in [-0.15, -0.1) is 0 Å². The number of benzene rings is 3. The summed E-state index contributed by atoms with van der Waals surface area (Å²) in [6, 6.07) is 16.3. The molecule has 0 saturated carbocycles. The van der Waals surface area contributed by atoms with Crippen LogP contribution in [0.2, 0.25) is 0 Å². The number of hydrogen-bond donors (Lipinski definition) is 2. The van der Waals surface area contributed by atoms with Crippen LogP contribution in [-0.4, -0.2) is 24.1 Å². The second-order valence-electron chi connectivity index (χ2n) is 8.40. The van der Waals surface area contributed by atoms with Gasteiger partial charge in [-0.3, -0.25) is 20.4 Å². The van der Waals surface area contributed by atoms with Crippen LogP contribution in [0.5, 0.6) is 0 Å². The number of allylic oxidation sites excluding steroid dienone is 4. The van der Waals surface area contributed by atoms with Crippen LogP contribution >= 0.6 is 0 Å². The number of anilines is 2. The lowest BCUT2D eigenvalue weighted by Gasteiger charge is -2.25. The summed E-state index contributed by atoms with van der Waals surface area (Å²) >= 11 is 0. The van der Waals surface area contributed by atoms with E-state index < -0.39 is 18.5 Å². The van der Waals surface area contributed by atoms with Crippen molar-refractivity contribution in [1.82, 2.24) is 0 Å². The molecular formula is C27H17F6N3O. The van der Waals surface area contributed by atoms with E-state index in [4.69, 9.17) is 0 Å². The van der Waals surface area contributed by atoms with Gasteiger partial charge in [-0.25, -0.2) is 0 Å². The third kappa shape index (κ3) is 5.13. The van der Waals surface area contributed by atoms with Crippen LogP contribution in [0.25, 0.3) is 16.7 Å². The van der Waals surface area contributed by atoms with E-state index in [9.17, 15) is 31.1 Å². The molecule has 1 aliphatic heterocycles. The molecule has 4 nitrogen and oxygen atoms in total. The van der Waals surface area contributed by atoms with Crippen LogP contribution < -0.4 is 10.6 Å². The van der Waals surface area contributed by atoms with Crippen molar-refractivity contribution in [1.29, 1.82) is 0 Å². The maximum atomic E-state index is 13.5. The molecule has 3 aromatic carbocycles. The molecule has 2 aliphatic rings. The Morgan fingerprint density at radius 1 is 0.703 bits per heavy atom. The second-order valence-corrected chi connectivity index (χ2v) is 8.40. The van der Waals surface area contributed by atoms with E-state index in [0.717, 1.165) is 0 Å². The Bertz CT molecular complexity index is 1480. The van der Waals surface area contributed by atoms with Gasteiger partial charge in [0.1, 0.15) is 0 Å². The summed E-state index contributed by atoms with van der Waals surface area (Å²) in [7, 11) is 0. The molecule has 0 radical (unpaired) electrons. The highest BCUT2D eigenvalue weighted by Gasteiger charge is 2.33. The second kappa shape index (κ2) is 8.95.